The van der Waals surface area contributed by atoms with Gasteiger partial charge < -0.3 is 27.0 Å². The predicted octanol–water partition coefficient (Wildman–Crippen LogP) is 0.471. The summed E-state index contributed by atoms with van der Waals surface area (Å²) in [6.07, 6.45) is 3.14. The van der Waals surface area contributed by atoms with Crippen molar-refractivity contribution in [2.75, 3.05) is 32.7 Å². The standard InChI is InChI=1S/C22H35N5O2/c1-15-6-2-3-8-17(15)18-12-20(26-13-19(18)24)22(29)27-11-4-7-16(14-27)21(28)25-10-5-9-23/h2-3,6,8,16,18-20,26H,4-5,7,9-14,23-24H2,1H3,(H,25,28). The van der Waals surface area contributed by atoms with E-state index in [9.17, 15) is 9.59 Å². The molecule has 1 aromatic carbocycles. The molecule has 1 aromatic rings. The fourth-order valence-corrected chi connectivity index (χ4v) is 4.55. The van der Waals surface area contributed by atoms with E-state index >= 15 is 0 Å². The molecule has 4 unspecified atom stereocenters. The third kappa shape index (κ3) is 5.35. The van der Waals surface area contributed by atoms with Gasteiger partial charge in [0, 0.05) is 38.1 Å². The van der Waals surface area contributed by atoms with E-state index < -0.39 is 0 Å². The number of piperidine rings is 2. The Hall–Kier alpha value is -1.96. The number of nitrogens with one attached hydrogen (secondary N) is 2. The molecule has 2 fully saturated rings. The highest BCUT2D eigenvalue weighted by atomic mass is 16.2. The van der Waals surface area contributed by atoms with Crippen molar-refractivity contribution in [2.45, 2.75) is 50.6 Å². The Morgan fingerprint density at radius 1 is 1.31 bits per heavy atom. The Labute approximate surface area is 173 Å². The molecule has 0 bridgehead atoms. The van der Waals surface area contributed by atoms with Gasteiger partial charge in [0.2, 0.25) is 11.8 Å². The first-order valence-corrected chi connectivity index (χ1v) is 10.8. The second-order valence-electron chi connectivity index (χ2n) is 8.38. The van der Waals surface area contributed by atoms with Gasteiger partial charge in [0.15, 0.2) is 0 Å². The Bertz CT molecular complexity index is 710. The molecular weight excluding hydrogens is 366 g/mol. The van der Waals surface area contributed by atoms with E-state index in [1.54, 1.807) is 0 Å². The third-order valence-corrected chi connectivity index (χ3v) is 6.28. The van der Waals surface area contributed by atoms with E-state index in [0.29, 0.717) is 39.1 Å². The van der Waals surface area contributed by atoms with Gasteiger partial charge in [-0.05, 0) is 50.3 Å². The summed E-state index contributed by atoms with van der Waals surface area (Å²) in [5.41, 5.74) is 14.3. The predicted molar refractivity (Wildman–Crippen MR) is 114 cm³/mol. The molecule has 7 nitrogen and oxygen atoms in total. The first-order chi connectivity index (χ1) is 14.0. The maximum Gasteiger partial charge on any atom is 0.239 e. The number of benzene rings is 1. The molecule has 2 saturated heterocycles. The molecule has 4 atom stereocenters. The van der Waals surface area contributed by atoms with Crippen molar-refractivity contribution in [3.63, 3.8) is 0 Å². The van der Waals surface area contributed by atoms with E-state index in [1.165, 1.54) is 11.1 Å². The normalized spacial score (nSPS) is 27.5. The van der Waals surface area contributed by atoms with Crippen LogP contribution in [0.4, 0.5) is 0 Å². The summed E-state index contributed by atoms with van der Waals surface area (Å²) in [5, 5.41) is 6.28. The average Bonchev–Trinajstić information content (AvgIpc) is 2.74. The van der Waals surface area contributed by atoms with Crippen LogP contribution < -0.4 is 22.1 Å². The van der Waals surface area contributed by atoms with Crippen LogP contribution in [0.3, 0.4) is 0 Å². The SMILES string of the molecule is Cc1ccccc1C1CC(C(=O)N2CCCC(C(=O)NCCCN)C2)NCC1N. The number of hydrogen-bond acceptors (Lipinski definition) is 5. The molecule has 0 saturated carbocycles. The fraction of sp³-hybridized carbons (Fsp3) is 0.636. The first-order valence-electron chi connectivity index (χ1n) is 10.8. The van der Waals surface area contributed by atoms with Crippen molar-refractivity contribution in [3.8, 4) is 0 Å². The van der Waals surface area contributed by atoms with Crippen LogP contribution in [0.2, 0.25) is 0 Å². The minimum absolute atomic E-state index is 0.0115. The van der Waals surface area contributed by atoms with Crippen LogP contribution >= 0.6 is 0 Å². The minimum Gasteiger partial charge on any atom is -0.356 e. The molecule has 0 radical (unpaired) electrons. The fourth-order valence-electron chi connectivity index (χ4n) is 4.55. The van der Waals surface area contributed by atoms with Crippen molar-refractivity contribution in [1.82, 2.24) is 15.5 Å². The molecule has 2 aliphatic heterocycles. The summed E-state index contributed by atoms with van der Waals surface area (Å²) >= 11 is 0. The van der Waals surface area contributed by atoms with Crippen molar-refractivity contribution in [1.29, 1.82) is 0 Å². The molecule has 0 aliphatic carbocycles. The number of hydrogen-bond donors (Lipinski definition) is 4. The second kappa shape index (κ2) is 10.2. The van der Waals surface area contributed by atoms with Crippen molar-refractivity contribution in [2.24, 2.45) is 17.4 Å². The molecule has 0 spiro atoms. The molecular formula is C22H35N5O2. The zero-order valence-corrected chi connectivity index (χ0v) is 17.4. The van der Waals surface area contributed by atoms with Gasteiger partial charge in [0.1, 0.15) is 0 Å². The Kier molecular flexibility index (Phi) is 7.64. The number of likely N-dealkylation sites (tertiary alicyclic amines) is 1. The van der Waals surface area contributed by atoms with Gasteiger partial charge in [-0.1, -0.05) is 24.3 Å². The highest BCUT2D eigenvalue weighted by molar-refractivity contribution is 5.84. The quantitative estimate of drug-likeness (QED) is 0.518. The number of carbonyl (C=O) groups is 2. The number of amides is 2. The number of nitrogens with two attached hydrogens (primary N) is 2. The van der Waals surface area contributed by atoms with Crippen LogP contribution in [0.1, 0.15) is 42.7 Å². The van der Waals surface area contributed by atoms with Crippen molar-refractivity contribution in [3.05, 3.63) is 35.4 Å². The zero-order valence-electron chi connectivity index (χ0n) is 17.4. The zero-order chi connectivity index (χ0) is 20.8. The molecule has 6 N–H and O–H groups in total. The molecule has 0 aromatic heterocycles. The summed E-state index contributed by atoms with van der Waals surface area (Å²) in [7, 11) is 0. The Balaban J connectivity index is 1.62. The maximum absolute atomic E-state index is 13.2. The van der Waals surface area contributed by atoms with E-state index in [2.05, 4.69) is 29.7 Å². The largest absolute Gasteiger partial charge is 0.356 e. The van der Waals surface area contributed by atoms with Crippen LogP contribution in [-0.4, -0.2) is 61.5 Å². The van der Waals surface area contributed by atoms with Crippen LogP contribution in [0.15, 0.2) is 24.3 Å². The van der Waals surface area contributed by atoms with Crippen LogP contribution in [0, 0.1) is 12.8 Å². The monoisotopic (exact) mass is 401 g/mol. The highest BCUT2D eigenvalue weighted by Gasteiger charge is 2.37. The van der Waals surface area contributed by atoms with Crippen molar-refractivity contribution >= 4 is 11.8 Å². The molecule has 2 heterocycles. The summed E-state index contributed by atoms with van der Waals surface area (Å²) in [5.74, 6) is 0.150. The first kappa shape index (κ1) is 21.7. The van der Waals surface area contributed by atoms with Gasteiger partial charge in [-0.25, -0.2) is 0 Å². The number of nitrogens with zero attached hydrogens (tertiary/aromatic N) is 1. The molecule has 7 heteroatoms. The summed E-state index contributed by atoms with van der Waals surface area (Å²) in [4.78, 5) is 27.5. The molecule has 29 heavy (non-hydrogen) atoms. The van der Waals surface area contributed by atoms with Gasteiger partial charge in [0.25, 0.3) is 0 Å². The average molecular weight is 402 g/mol. The Morgan fingerprint density at radius 3 is 2.86 bits per heavy atom. The smallest absolute Gasteiger partial charge is 0.239 e. The van der Waals surface area contributed by atoms with Gasteiger partial charge in [-0.15, -0.1) is 0 Å². The van der Waals surface area contributed by atoms with Gasteiger partial charge in [0.05, 0.1) is 12.0 Å². The number of carbonyl (C=O) groups excluding carboxylic acids is 2. The van der Waals surface area contributed by atoms with E-state index in [4.69, 9.17) is 11.5 Å². The Morgan fingerprint density at radius 2 is 2.10 bits per heavy atom. The number of rotatable bonds is 6. The molecule has 2 aliphatic rings. The molecule has 2 amide bonds. The topological polar surface area (TPSA) is 113 Å². The van der Waals surface area contributed by atoms with Crippen molar-refractivity contribution < 1.29 is 9.59 Å². The maximum atomic E-state index is 13.2. The molecule has 160 valence electrons. The van der Waals surface area contributed by atoms with E-state index in [-0.39, 0.29) is 35.7 Å². The van der Waals surface area contributed by atoms with Gasteiger partial charge in [-0.2, -0.15) is 0 Å². The lowest BCUT2D eigenvalue weighted by Gasteiger charge is -2.39. The lowest BCUT2D eigenvalue weighted by Crippen LogP contribution is -2.58. The van der Waals surface area contributed by atoms with Crippen LogP contribution in [-0.2, 0) is 9.59 Å². The summed E-state index contributed by atoms with van der Waals surface area (Å²) in [6.45, 7) is 5.08. The molecule has 3 rings (SSSR count). The van der Waals surface area contributed by atoms with Gasteiger partial charge in [-0.3, -0.25) is 9.59 Å². The van der Waals surface area contributed by atoms with Crippen LogP contribution in [0.5, 0.6) is 0 Å². The second-order valence-corrected chi connectivity index (χ2v) is 8.38. The third-order valence-electron chi connectivity index (χ3n) is 6.28. The lowest BCUT2D eigenvalue weighted by molar-refractivity contribution is -0.138. The lowest BCUT2D eigenvalue weighted by atomic mass is 9.81. The van der Waals surface area contributed by atoms with Gasteiger partial charge >= 0.3 is 0 Å². The summed E-state index contributed by atoms with van der Waals surface area (Å²) in [6, 6.07) is 8.02. The minimum atomic E-state index is -0.251. The number of aryl methyl sites for hydroxylation is 1. The highest BCUT2D eigenvalue weighted by Crippen LogP contribution is 2.30. The summed E-state index contributed by atoms with van der Waals surface area (Å²) < 4.78 is 0. The van der Waals surface area contributed by atoms with Crippen LogP contribution in [0.25, 0.3) is 0 Å². The van der Waals surface area contributed by atoms with E-state index in [1.807, 2.05) is 17.0 Å². The van der Waals surface area contributed by atoms with E-state index in [0.717, 1.165) is 19.3 Å².